The van der Waals surface area contributed by atoms with E-state index in [0.29, 0.717) is 16.8 Å². The van der Waals surface area contributed by atoms with Crippen molar-refractivity contribution >= 4 is 45.9 Å². The Morgan fingerprint density at radius 1 is 1.18 bits per heavy atom. The van der Waals surface area contributed by atoms with Gasteiger partial charge in [0, 0.05) is 38.3 Å². The topological polar surface area (TPSA) is 101 Å². The minimum Gasteiger partial charge on any atom is -0.478 e. The molecule has 1 aliphatic heterocycles. The number of pyridine rings is 1. The van der Waals surface area contributed by atoms with Crippen molar-refractivity contribution in [2.45, 2.75) is 33.1 Å². The van der Waals surface area contributed by atoms with Gasteiger partial charge in [-0.05, 0) is 43.5 Å². The molecule has 1 aliphatic rings. The van der Waals surface area contributed by atoms with E-state index in [1.54, 1.807) is 19.3 Å². The number of ether oxygens (including phenoxy) is 1. The minimum atomic E-state index is -0.314. The number of fused-ring (bicyclic) bond motifs is 1. The molecular formula is C24H31ClN6O3. The fourth-order valence-corrected chi connectivity index (χ4v) is 3.82. The van der Waals surface area contributed by atoms with Crippen LogP contribution in [0.4, 0.5) is 17.5 Å². The van der Waals surface area contributed by atoms with Gasteiger partial charge in [0.25, 0.3) is 11.5 Å². The fourth-order valence-electron chi connectivity index (χ4n) is 3.68. The van der Waals surface area contributed by atoms with Crippen LogP contribution in [0.2, 0.25) is 5.02 Å². The molecule has 0 spiro atoms. The number of hydrogen-bond donors (Lipinski definition) is 2. The number of benzene rings is 1. The van der Waals surface area contributed by atoms with E-state index < -0.39 is 0 Å². The summed E-state index contributed by atoms with van der Waals surface area (Å²) in [5.41, 5.74) is 1.17. The van der Waals surface area contributed by atoms with Crippen molar-refractivity contribution in [3.63, 3.8) is 0 Å². The van der Waals surface area contributed by atoms with E-state index in [1.165, 1.54) is 18.0 Å². The average molecular weight is 487 g/mol. The van der Waals surface area contributed by atoms with Crippen molar-refractivity contribution < 1.29 is 9.53 Å². The number of rotatable bonds is 6. The van der Waals surface area contributed by atoms with E-state index in [4.69, 9.17) is 16.3 Å². The van der Waals surface area contributed by atoms with Gasteiger partial charge in [-0.2, -0.15) is 4.98 Å². The molecule has 10 heteroatoms. The number of piperidine rings is 1. The van der Waals surface area contributed by atoms with Crippen molar-refractivity contribution in [2.24, 2.45) is 7.05 Å². The van der Waals surface area contributed by atoms with Gasteiger partial charge < -0.3 is 24.8 Å². The summed E-state index contributed by atoms with van der Waals surface area (Å²) >= 11 is 6.35. The molecule has 9 nitrogen and oxygen atoms in total. The number of amides is 1. The molecule has 4 rings (SSSR count). The second-order valence-corrected chi connectivity index (χ2v) is 8.05. The highest BCUT2D eigenvalue weighted by molar-refractivity contribution is 6.32. The van der Waals surface area contributed by atoms with Crippen LogP contribution in [0.25, 0.3) is 10.9 Å². The lowest BCUT2D eigenvalue weighted by atomic mass is 10.1. The Morgan fingerprint density at radius 3 is 2.62 bits per heavy atom. The highest BCUT2D eigenvalue weighted by Gasteiger charge is 2.16. The third-order valence-corrected chi connectivity index (χ3v) is 5.74. The lowest BCUT2D eigenvalue weighted by molar-refractivity contribution is -0.122. The largest absolute Gasteiger partial charge is 0.478 e. The first-order valence-electron chi connectivity index (χ1n) is 11.5. The van der Waals surface area contributed by atoms with Crippen LogP contribution in [0, 0.1) is 0 Å². The Kier molecular flexibility index (Phi) is 8.70. The maximum atomic E-state index is 12.5. The smallest absolute Gasteiger partial charge is 0.293 e. The standard InChI is InChI=1S/C22H25ClN6O3.C2H6/c1-24-19(30)13-32-18-11-14-10-15(6-7-17(14)28(2)21(18)31)26-20-16(23)12-25-22(27-20)29-8-4-3-5-9-29;1-2/h6-7,10-12H,3-5,8-9,13H2,1-2H3,(H,24,30)(H,25,26,27);1-2H3. The Bertz CT molecular complexity index is 1210. The first-order chi connectivity index (χ1) is 16.5. The number of carbonyl (C=O) groups excluding carboxylic acids is 1. The number of aryl methyl sites for hydroxylation is 1. The number of likely N-dealkylation sites (N-methyl/N-ethyl adjacent to an activating group) is 1. The Labute approximate surface area is 204 Å². The number of nitrogens with zero attached hydrogens (tertiary/aromatic N) is 4. The van der Waals surface area contributed by atoms with Gasteiger partial charge in [-0.15, -0.1) is 0 Å². The monoisotopic (exact) mass is 486 g/mol. The van der Waals surface area contributed by atoms with Crippen LogP contribution in [0.1, 0.15) is 33.1 Å². The SMILES string of the molecule is CC.CNC(=O)COc1cc2cc(Nc3nc(N4CCCCC4)ncc3Cl)ccc2n(C)c1=O. The molecule has 0 saturated carbocycles. The van der Waals surface area contributed by atoms with Gasteiger partial charge in [0.15, 0.2) is 18.2 Å². The van der Waals surface area contributed by atoms with Gasteiger partial charge in [-0.1, -0.05) is 25.4 Å². The lowest BCUT2D eigenvalue weighted by Crippen LogP contribution is -2.31. The van der Waals surface area contributed by atoms with Crippen LogP contribution in [0.5, 0.6) is 5.75 Å². The number of carbonyl (C=O) groups is 1. The number of aromatic nitrogens is 3. The quantitative estimate of drug-likeness (QED) is 0.545. The molecule has 1 aromatic carbocycles. The molecule has 1 fully saturated rings. The van der Waals surface area contributed by atoms with Crippen LogP contribution in [-0.4, -0.2) is 47.2 Å². The summed E-state index contributed by atoms with van der Waals surface area (Å²) in [4.78, 5) is 35.2. The van der Waals surface area contributed by atoms with Crippen molar-refractivity contribution in [3.8, 4) is 5.75 Å². The molecule has 1 amide bonds. The number of halogens is 1. The molecule has 2 N–H and O–H groups in total. The summed E-state index contributed by atoms with van der Waals surface area (Å²) in [6.45, 7) is 5.64. The van der Waals surface area contributed by atoms with Gasteiger partial charge in [-0.3, -0.25) is 9.59 Å². The van der Waals surface area contributed by atoms with Gasteiger partial charge in [0.2, 0.25) is 5.95 Å². The van der Waals surface area contributed by atoms with Gasteiger partial charge >= 0.3 is 0 Å². The van der Waals surface area contributed by atoms with E-state index in [9.17, 15) is 9.59 Å². The fraction of sp³-hybridized carbons (Fsp3) is 0.417. The molecule has 0 atom stereocenters. The van der Waals surface area contributed by atoms with Crippen molar-refractivity contribution in [2.75, 3.05) is 37.0 Å². The first kappa shape index (κ1) is 25.3. The van der Waals surface area contributed by atoms with Crippen LogP contribution in [0.3, 0.4) is 0 Å². The molecular weight excluding hydrogens is 456 g/mol. The molecule has 2 aromatic heterocycles. The summed E-state index contributed by atoms with van der Waals surface area (Å²) in [6, 6.07) is 7.20. The lowest BCUT2D eigenvalue weighted by Gasteiger charge is -2.26. The van der Waals surface area contributed by atoms with Crippen molar-refractivity contribution in [1.82, 2.24) is 19.9 Å². The molecule has 34 heavy (non-hydrogen) atoms. The summed E-state index contributed by atoms with van der Waals surface area (Å²) in [5.74, 6) is 0.964. The van der Waals surface area contributed by atoms with E-state index in [1.807, 2.05) is 32.0 Å². The second-order valence-electron chi connectivity index (χ2n) is 7.65. The molecule has 0 unspecified atom stereocenters. The summed E-state index contributed by atoms with van der Waals surface area (Å²) < 4.78 is 6.92. The predicted octanol–water partition coefficient (Wildman–Crippen LogP) is 3.87. The summed E-state index contributed by atoms with van der Waals surface area (Å²) in [5, 5.41) is 6.91. The number of nitrogens with one attached hydrogen (secondary N) is 2. The molecule has 1 saturated heterocycles. The van der Waals surface area contributed by atoms with Crippen LogP contribution < -0.4 is 25.8 Å². The molecule has 0 radical (unpaired) electrons. The van der Waals surface area contributed by atoms with E-state index in [0.717, 1.165) is 42.5 Å². The molecule has 0 bridgehead atoms. The van der Waals surface area contributed by atoms with Crippen LogP contribution in [0.15, 0.2) is 35.3 Å². The van der Waals surface area contributed by atoms with E-state index in [2.05, 4.69) is 25.5 Å². The highest BCUT2D eigenvalue weighted by atomic mass is 35.5. The Balaban J connectivity index is 0.00000158. The molecule has 0 aliphatic carbocycles. The van der Waals surface area contributed by atoms with E-state index >= 15 is 0 Å². The van der Waals surface area contributed by atoms with Gasteiger partial charge in [0.05, 0.1) is 11.7 Å². The normalized spacial score (nSPS) is 13.1. The Hall–Kier alpha value is -3.33. The maximum absolute atomic E-state index is 12.5. The number of anilines is 3. The zero-order valence-corrected chi connectivity index (χ0v) is 20.8. The number of hydrogen-bond acceptors (Lipinski definition) is 7. The molecule has 3 heterocycles. The van der Waals surface area contributed by atoms with Crippen LogP contribution >= 0.6 is 11.6 Å². The zero-order chi connectivity index (χ0) is 24.7. The van der Waals surface area contributed by atoms with Crippen molar-refractivity contribution in [1.29, 1.82) is 0 Å². The second kappa shape index (κ2) is 11.7. The molecule has 182 valence electrons. The summed E-state index contributed by atoms with van der Waals surface area (Å²) in [6.07, 6.45) is 5.09. The van der Waals surface area contributed by atoms with Gasteiger partial charge in [-0.25, -0.2) is 4.98 Å². The third-order valence-electron chi connectivity index (χ3n) is 5.46. The van der Waals surface area contributed by atoms with Crippen molar-refractivity contribution in [3.05, 3.63) is 45.8 Å². The predicted molar refractivity (Wildman–Crippen MR) is 136 cm³/mol. The summed E-state index contributed by atoms with van der Waals surface area (Å²) in [7, 11) is 3.17. The first-order valence-corrected chi connectivity index (χ1v) is 11.9. The van der Waals surface area contributed by atoms with Gasteiger partial charge in [0.1, 0.15) is 5.02 Å². The zero-order valence-electron chi connectivity index (χ0n) is 20.0. The average Bonchev–Trinajstić information content (AvgIpc) is 2.88. The Morgan fingerprint density at radius 2 is 1.91 bits per heavy atom. The molecule has 3 aromatic rings. The highest BCUT2D eigenvalue weighted by Crippen LogP contribution is 2.28. The minimum absolute atomic E-state index is 0.105. The maximum Gasteiger partial charge on any atom is 0.293 e. The third kappa shape index (κ3) is 5.77. The van der Waals surface area contributed by atoms with Crippen LogP contribution in [-0.2, 0) is 11.8 Å². The van der Waals surface area contributed by atoms with E-state index in [-0.39, 0.29) is 23.8 Å².